The van der Waals surface area contributed by atoms with Crippen LogP contribution in [0.1, 0.15) is 0 Å². The summed E-state index contributed by atoms with van der Waals surface area (Å²) in [5.74, 6) is 1.63. The highest BCUT2D eigenvalue weighted by atomic mass is 15.1. The van der Waals surface area contributed by atoms with Crippen molar-refractivity contribution in [1.29, 1.82) is 0 Å². The molecule has 108 heavy (non-hydrogen) atoms. The largest absolute Gasteiger partial charge is 0.309 e. The molecule has 15 aromatic carbocycles. The number of aromatic nitrogens is 10. The van der Waals surface area contributed by atoms with Gasteiger partial charge in [0.2, 0.25) is 0 Å². The van der Waals surface area contributed by atoms with E-state index >= 15 is 0 Å². The van der Waals surface area contributed by atoms with E-state index < -0.39 is 0 Å². The Bertz CT molecular complexity index is 7080. The lowest BCUT2D eigenvalue weighted by atomic mass is 9.98. The van der Waals surface area contributed by atoms with Gasteiger partial charge in [0.05, 0.1) is 83.3 Å². The molecule has 0 atom stereocenters. The minimum atomic E-state index is 0.507. The molecule has 0 radical (unpaired) electrons. The second-order valence-corrected chi connectivity index (χ2v) is 28.1. The summed E-state index contributed by atoms with van der Waals surface area (Å²) in [6.07, 6.45) is 1.94. The molecule has 0 bridgehead atoms. The number of rotatable bonds is 10. The fourth-order valence-electron chi connectivity index (χ4n) is 17.7. The van der Waals surface area contributed by atoms with Crippen LogP contribution in [0.15, 0.2) is 364 Å². The van der Waals surface area contributed by atoms with E-state index in [1.807, 2.05) is 42.6 Å². The second kappa shape index (κ2) is 23.4. The molecule has 502 valence electrons. The standard InChI is InChI=1S/C98H60N10/c1-3-25-61(26-4-1)96-100-97(62-27-5-2-6-28-62)102-98(101-96)75-37-23-46-92(107-88-52-48-63(103-80-38-15-7-29-67(80)68-30-8-16-39-81(68)103)57-76(88)77-58-64(49-53-89(77)107)104-82-40-17-9-31-69(82)70-32-10-18-41-83(70)104)94(75)95-93(47-24-56-99-95)108-90-54-50-65(105-84-42-19-11-33-71(84)72-34-12-20-43-85(72)105)59-78(90)79-60-66(51-55-91(79)108)106-86-44-21-13-35-73(86)74-36-14-22-45-87(74)106/h1-60H. The van der Waals surface area contributed by atoms with E-state index in [0.717, 1.165) is 150 Å². The molecule has 10 nitrogen and oxygen atoms in total. The summed E-state index contributed by atoms with van der Waals surface area (Å²) in [6, 6.07) is 130. The number of para-hydroxylation sites is 8. The van der Waals surface area contributed by atoms with Crippen LogP contribution in [-0.2, 0) is 0 Å². The number of benzene rings is 15. The third-order valence-corrected chi connectivity index (χ3v) is 22.3. The third kappa shape index (κ3) is 8.82. The number of hydrogen-bond acceptors (Lipinski definition) is 4. The van der Waals surface area contributed by atoms with Crippen molar-refractivity contribution < 1.29 is 0 Å². The lowest BCUT2D eigenvalue weighted by Gasteiger charge is -2.21. The Hall–Kier alpha value is -14.7. The van der Waals surface area contributed by atoms with Crippen molar-refractivity contribution in [3.8, 4) is 79.5 Å². The van der Waals surface area contributed by atoms with Crippen LogP contribution in [0.3, 0.4) is 0 Å². The van der Waals surface area contributed by atoms with Crippen LogP contribution in [0, 0.1) is 0 Å². The number of pyridine rings is 1. The molecule has 0 fully saturated rings. The first-order chi connectivity index (χ1) is 53.6. The Morgan fingerprint density at radius 3 is 0.778 bits per heavy atom. The average molecular weight is 1380 g/mol. The van der Waals surface area contributed by atoms with Gasteiger partial charge in [-0.3, -0.25) is 4.98 Å². The van der Waals surface area contributed by atoms with Crippen molar-refractivity contribution in [3.63, 3.8) is 0 Å². The number of hydrogen-bond donors (Lipinski definition) is 0. The minimum Gasteiger partial charge on any atom is -0.309 e. The molecule has 10 heteroatoms. The van der Waals surface area contributed by atoms with E-state index in [9.17, 15) is 0 Å². The Labute approximate surface area is 618 Å². The molecule has 0 unspecified atom stereocenters. The maximum absolute atomic E-state index is 5.74. The molecule has 0 aliphatic heterocycles. The van der Waals surface area contributed by atoms with Crippen LogP contribution in [0.25, 0.3) is 210 Å². The fraction of sp³-hybridized carbons (Fsp3) is 0. The first-order valence-corrected chi connectivity index (χ1v) is 36.7. The molecule has 8 aromatic heterocycles. The summed E-state index contributed by atoms with van der Waals surface area (Å²) in [5, 5.41) is 14.0. The van der Waals surface area contributed by atoms with Gasteiger partial charge < -0.3 is 27.4 Å². The molecule has 23 aromatic rings. The molecule has 0 aliphatic carbocycles. The topological polar surface area (TPSA) is 81.1 Å². The summed E-state index contributed by atoms with van der Waals surface area (Å²) in [7, 11) is 0. The fourth-order valence-corrected chi connectivity index (χ4v) is 17.7. The van der Waals surface area contributed by atoms with E-state index in [-0.39, 0.29) is 0 Å². The van der Waals surface area contributed by atoms with Crippen LogP contribution in [0.4, 0.5) is 0 Å². The highest BCUT2D eigenvalue weighted by Crippen LogP contribution is 2.48. The predicted molar refractivity (Wildman–Crippen MR) is 445 cm³/mol. The van der Waals surface area contributed by atoms with Gasteiger partial charge in [0.15, 0.2) is 17.5 Å². The van der Waals surface area contributed by atoms with Crippen LogP contribution in [0.5, 0.6) is 0 Å². The Kier molecular flexibility index (Phi) is 12.9. The van der Waals surface area contributed by atoms with Crippen molar-refractivity contribution in [2.45, 2.75) is 0 Å². The Morgan fingerprint density at radius 1 is 0.185 bits per heavy atom. The first-order valence-electron chi connectivity index (χ1n) is 36.7. The van der Waals surface area contributed by atoms with Gasteiger partial charge in [-0.25, -0.2) is 15.0 Å². The lowest BCUT2D eigenvalue weighted by Crippen LogP contribution is -2.07. The van der Waals surface area contributed by atoms with Crippen molar-refractivity contribution in [2.75, 3.05) is 0 Å². The quantitative estimate of drug-likeness (QED) is 0.137. The van der Waals surface area contributed by atoms with Gasteiger partial charge in [0.1, 0.15) is 0 Å². The van der Waals surface area contributed by atoms with Crippen molar-refractivity contribution in [3.05, 3.63) is 364 Å². The zero-order chi connectivity index (χ0) is 70.7. The molecule has 0 aliphatic rings. The monoisotopic (exact) mass is 1380 g/mol. The molecule has 0 N–H and O–H groups in total. The molecule has 0 saturated heterocycles. The minimum absolute atomic E-state index is 0.507. The van der Waals surface area contributed by atoms with Crippen LogP contribution < -0.4 is 0 Å². The van der Waals surface area contributed by atoms with Gasteiger partial charge >= 0.3 is 0 Å². The van der Waals surface area contributed by atoms with Gasteiger partial charge in [0.25, 0.3) is 0 Å². The molecule has 0 saturated carbocycles. The number of fused-ring (bicyclic) bond motifs is 18. The van der Waals surface area contributed by atoms with E-state index in [0.29, 0.717) is 17.5 Å². The van der Waals surface area contributed by atoms with Gasteiger partial charge in [-0.1, -0.05) is 218 Å². The number of nitrogens with zero attached hydrogens (tertiary/aromatic N) is 10. The van der Waals surface area contributed by atoms with E-state index in [4.69, 9.17) is 19.9 Å². The maximum Gasteiger partial charge on any atom is 0.164 e. The zero-order valence-electron chi connectivity index (χ0n) is 58.1. The molecule has 23 rings (SSSR count). The highest BCUT2D eigenvalue weighted by Gasteiger charge is 2.29. The average Bonchev–Trinajstić information content (AvgIpc) is 1.53. The Morgan fingerprint density at radius 2 is 0.454 bits per heavy atom. The molecule has 8 heterocycles. The SMILES string of the molecule is c1ccc(-c2nc(-c3ccccc3)nc(-c3cccc(-n4c5ccc(-n6c7ccccc7c7ccccc76)cc5c5cc(-n6c7ccccc7c7ccccc76)ccc54)c3-c3ncccc3-n3c4ccc(-n5c6ccccc6c6ccccc65)cc4c4cc(-n5c6ccccc6c6ccccc65)ccc43)n2)cc1. The van der Waals surface area contributed by atoms with Crippen molar-refractivity contribution in [2.24, 2.45) is 0 Å². The van der Waals surface area contributed by atoms with Crippen molar-refractivity contribution >= 4 is 131 Å². The highest BCUT2D eigenvalue weighted by molar-refractivity contribution is 6.18. The molecule has 0 spiro atoms. The van der Waals surface area contributed by atoms with Gasteiger partial charge in [0, 0.05) is 116 Å². The summed E-state index contributed by atoms with van der Waals surface area (Å²) in [6.45, 7) is 0. The molecular weight excluding hydrogens is 1320 g/mol. The summed E-state index contributed by atoms with van der Waals surface area (Å²) >= 11 is 0. The van der Waals surface area contributed by atoms with Gasteiger partial charge in [-0.2, -0.15) is 0 Å². The Balaban J connectivity index is 0.831. The summed E-state index contributed by atoms with van der Waals surface area (Å²) in [4.78, 5) is 22.2. The summed E-state index contributed by atoms with van der Waals surface area (Å²) in [5.41, 5.74) is 23.4. The normalized spacial score (nSPS) is 12.1. The zero-order valence-corrected chi connectivity index (χ0v) is 58.1. The first kappa shape index (κ1) is 59.8. The van der Waals surface area contributed by atoms with E-state index in [1.54, 1.807) is 0 Å². The van der Waals surface area contributed by atoms with Crippen LogP contribution >= 0.6 is 0 Å². The van der Waals surface area contributed by atoms with E-state index in [2.05, 4.69) is 349 Å². The molecule has 0 amide bonds. The van der Waals surface area contributed by atoms with E-state index in [1.165, 1.54) is 43.1 Å². The van der Waals surface area contributed by atoms with Crippen LogP contribution in [0.2, 0.25) is 0 Å². The van der Waals surface area contributed by atoms with Crippen molar-refractivity contribution in [1.82, 2.24) is 47.3 Å². The smallest absolute Gasteiger partial charge is 0.164 e. The summed E-state index contributed by atoms with van der Waals surface area (Å²) < 4.78 is 14.6. The second-order valence-electron chi connectivity index (χ2n) is 28.1. The lowest BCUT2D eigenvalue weighted by molar-refractivity contribution is 1.07. The van der Waals surface area contributed by atoms with Gasteiger partial charge in [-0.15, -0.1) is 0 Å². The third-order valence-electron chi connectivity index (χ3n) is 22.3. The predicted octanol–water partition coefficient (Wildman–Crippen LogP) is 24.5. The maximum atomic E-state index is 5.74. The van der Waals surface area contributed by atoms with Crippen LogP contribution in [-0.4, -0.2) is 47.3 Å². The molecular formula is C98H60N10. The van der Waals surface area contributed by atoms with Gasteiger partial charge in [-0.05, 0) is 140 Å².